The van der Waals surface area contributed by atoms with E-state index in [4.69, 9.17) is 33.2 Å². The lowest BCUT2D eigenvalue weighted by atomic mass is 10.1. The van der Waals surface area contributed by atoms with Crippen LogP contribution in [0.3, 0.4) is 0 Å². The van der Waals surface area contributed by atoms with Crippen molar-refractivity contribution in [3.63, 3.8) is 0 Å². The fourth-order valence-electron chi connectivity index (χ4n) is 7.18. The second-order valence-electron chi connectivity index (χ2n) is 15.1. The van der Waals surface area contributed by atoms with E-state index < -0.39 is 0 Å². The number of hydrogen-bond acceptors (Lipinski definition) is 14. The molecule has 0 fully saturated rings. The smallest absolute Gasteiger partial charge is 0.315 e. The van der Waals surface area contributed by atoms with Crippen molar-refractivity contribution >= 4 is 35.7 Å². The van der Waals surface area contributed by atoms with Gasteiger partial charge in [0.2, 0.25) is 11.5 Å². The Morgan fingerprint density at radius 2 is 1.22 bits per heavy atom. The zero-order chi connectivity index (χ0) is 46.2. The van der Waals surface area contributed by atoms with Gasteiger partial charge >= 0.3 is 5.97 Å². The van der Waals surface area contributed by atoms with E-state index in [-0.39, 0.29) is 35.2 Å². The van der Waals surface area contributed by atoms with Gasteiger partial charge in [0.05, 0.1) is 59.7 Å². The molecule has 17 heteroatoms. The molecular formula is C47H59N5O11S. The predicted molar refractivity (Wildman–Crippen MR) is 246 cm³/mol. The highest BCUT2D eigenvalue weighted by Gasteiger charge is 2.21. The summed E-state index contributed by atoms with van der Waals surface area (Å²) in [6, 6.07) is 7.03. The number of allylic oxidation sites excluding steroid dienone is 2. The first-order valence-electron chi connectivity index (χ1n) is 21.2. The minimum atomic E-state index is -0.320. The van der Waals surface area contributed by atoms with Gasteiger partial charge < -0.3 is 33.2 Å². The van der Waals surface area contributed by atoms with Gasteiger partial charge in [-0.1, -0.05) is 55.9 Å². The molecule has 16 nitrogen and oxygen atoms in total. The van der Waals surface area contributed by atoms with E-state index >= 15 is 0 Å². The number of thioether (sulfide) groups is 1. The Kier molecular flexibility index (Phi) is 18.3. The highest BCUT2D eigenvalue weighted by atomic mass is 32.2. The fraction of sp³-hybridized carbons (Fsp3) is 0.447. The summed E-state index contributed by atoms with van der Waals surface area (Å²) < 4.78 is 43.6. The van der Waals surface area contributed by atoms with Crippen LogP contribution in [-0.2, 0) is 33.2 Å². The van der Waals surface area contributed by atoms with Crippen LogP contribution < -0.4 is 39.5 Å². The third kappa shape index (κ3) is 12.5. The van der Waals surface area contributed by atoms with Crippen LogP contribution in [0.2, 0.25) is 0 Å². The number of hydrogen-bond donors (Lipinski definition) is 0. The number of aromatic nitrogens is 5. The number of ether oxygens (including phenoxy) is 7. The fourth-order valence-corrected chi connectivity index (χ4v) is 8.07. The van der Waals surface area contributed by atoms with E-state index in [1.54, 1.807) is 47.9 Å². The molecule has 3 heterocycles. The van der Waals surface area contributed by atoms with Gasteiger partial charge in [-0.25, -0.2) is 0 Å². The maximum Gasteiger partial charge on any atom is 0.315 e. The van der Waals surface area contributed by atoms with E-state index in [9.17, 15) is 19.2 Å². The summed E-state index contributed by atoms with van der Waals surface area (Å²) >= 11 is 1.32. The molecule has 344 valence electrons. The summed E-state index contributed by atoms with van der Waals surface area (Å²) in [5, 5.41) is 8.54. The number of esters is 1. The van der Waals surface area contributed by atoms with E-state index in [0.29, 0.717) is 74.8 Å². The molecule has 0 amide bonds. The summed E-state index contributed by atoms with van der Waals surface area (Å²) in [5.74, 6) is 2.70. The molecule has 3 aromatic heterocycles. The normalized spacial score (nSPS) is 11.5. The topological polar surface area (TPSA) is 172 Å². The zero-order valence-electron chi connectivity index (χ0n) is 38.0. The number of benzene rings is 2. The van der Waals surface area contributed by atoms with Crippen molar-refractivity contribution in [2.45, 2.75) is 91.0 Å². The third-order valence-electron chi connectivity index (χ3n) is 10.8. The maximum absolute atomic E-state index is 12.8. The van der Waals surface area contributed by atoms with Crippen LogP contribution in [0.25, 0.3) is 12.2 Å². The number of ketones is 1. The third-order valence-corrected chi connectivity index (χ3v) is 11.7. The lowest BCUT2D eigenvalue weighted by Crippen LogP contribution is -2.24. The molecule has 0 aliphatic heterocycles. The molecule has 64 heavy (non-hydrogen) atoms. The standard InChI is InChI=1S/C47H59N5O11S/c1-31-32(2)51-33(3)38(47(56)52(51)46(31)55)29-64-30-43(54)62-22-16-14-12-10-9-11-13-15-21-50-27-36(48-49-50)28-63-45-41(59-6)25-35(26-42(45)60-7)18-20-37(53)19-17-34-23-39(57-4)44(61-8)40(24-34)58-5/h17-20,23-27H,9-16,21-22,28-30H2,1-8H3/b19-17+,20-18+. The number of carbonyl (C=O) groups excluding carboxylic acids is 2. The monoisotopic (exact) mass is 901 g/mol. The van der Waals surface area contributed by atoms with Gasteiger partial charge in [-0.15, -0.1) is 16.9 Å². The van der Waals surface area contributed by atoms with Crippen LogP contribution in [-0.4, -0.2) is 83.7 Å². The van der Waals surface area contributed by atoms with Crippen LogP contribution in [0.5, 0.6) is 34.5 Å². The molecule has 0 bridgehead atoms. The van der Waals surface area contributed by atoms with Crippen LogP contribution in [0.15, 0.2) is 52.2 Å². The molecular weight excluding hydrogens is 843 g/mol. The Morgan fingerprint density at radius 3 is 1.77 bits per heavy atom. The molecule has 0 saturated carbocycles. The molecule has 0 N–H and O–H groups in total. The molecule has 0 saturated heterocycles. The Bertz CT molecular complexity index is 2490. The summed E-state index contributed by atoms with van der Waals surface area (Å²) in [7, 11) is 7.67. The molecule has 0 aliphatic carbocycles. The van der Waals surface area contributed by atoms with E-state index in [2.05, 4.69) is 10.3 Å². The second-order valence-corrected chi connectivity index (χ2v) is 16.1. The van der Waals surface area contributed by atoms with Crippen molar-refractivity contribution in [1.82, 2.24) is 24.0 Å². The first kappa shape index (κ1) is 48.8. The number of unbranched alkanes of at least 4 members (excludes halogenated alkanes) is 7. The Morgan fingerprint density at radius 1 is 0.672 bits per heavy atom. The second kappa shape index (κ2) is 24.0. The largest absolute Gasteiger partial charge is 0.493 e. The number of fused-ring (bicyclic) bond motifs is 1. The average Bonchev–Trinajstić information content (AvgIpc) is 3.93. The van der Waals surface area contributed by atoms with E-state index in [0.717, 1.165) is 69.3 Å². The van der Waals surface area contributed by atoms with Crippen LogP contribution in [0, 0.1) is 20.8 Å². The lowest BCUT2D eigenvalue weighted by Gasteiger charge is -2.14. The van der Waals surface area contributed by atoms with E-state index in [1.165, 1.54) is 64.0 Å². The van der Waals surface area contributed by atoms with Crippen molar-refractivity contribution in [2.24, 2.45) is 0 Å². The molecule has 5 aromatic rings. The van der Waals surface area contributed by atoms with Crippen molar-refractivity contribution in [3.8, 4) is 34.5 Å². The van der Waals surface area contributed by atoms with Gasteiger partial charge in [0.25, 0.3) is 11.1 Å². The Labute approximate surface area is 377 Å². The highest BCUT2D eigenvalue weighted by molar-refractivity contribution is 7.99. The SMILES string of the molecule is COc1cc(/C=C/C(=O)/C=C/c2cc(OC)c(OCc3cn(CCCCCCCCCCOC(=O)CSCc4c(C)n5c(C)c(C)c(=O)n5c4=O)nn3)c(OC)c2)cc(OC)c1OC. The van der Waals surface area contributed by atoms with Gasteiger partial charge in [0, 0.05) is 29.2 Å². The number of nitrogens with zero attached hydrogens (tertiary/aromatic N) is 5. The summed E-state index contributed by atoms with van der Waals surface area (Å²) in [5.41, 5.74) is 4.03. The van der Waals surface area contributed by atoms with Crippen molar-refractivity contribution in [2.75, 3.05) is 47.9 Å². The van der Waals surface area contributed by atoms with Crippen molar-refractivity contribution in [3.05, 3.63) is 103 Å². The van der Waals surface area contributed by atoms with E-state index in [1.807, 2.05) is 24.7 Å². The van der Waals surface area contributed by atoms with Gasteiger partial charge in [0.1, 0.15) is 12.3 Å². The minimum absolute atomic E-state index is 0.154. The molecule has 2 aromatic carbocycles. The lowest BCUT2D eigenvalue weighted by molar-refractivity contribution is -0.140. The molecule has 0 radical (unpaired) electrons. The summed E-state index contributed by atoms with van der Waals surface area (Å²) in [6.07, 6.45) is 16.4. The van der Waals surface area contributed by atoms with Crippen LogP contribution >= 0.6 is 11.8 Å². The van der Waals surface area contributed by atoms with Crippen molar-refractivity contribution < 1.29 is 42.7 Å². The highest BCUT2D eigenvalue weighted by Crippen LogP contribution is 2.40. The predicted octanol–water partition coefficient (Wildman–Crippen LogP) is 7.23. The Hall–Kier alpha value is -6.23. The minimum Gasteiger partial charge on any atom is -0.493 e. The average molecular weight is 902 g/mol. The summed E-state index contributed by atoms with van der Waals surface area (Å²) in [6.45, 7) is 6.66. The molecule has 0 spiro atoms. The first-order chi connectivity index (χ1) is 30.9. The quantitative estimate of drug-likeness (QED) is 0.0294. The van der Waals surface area contributed by atoms with Gasteiger partial charge in [0.15, 0.2) is 28.8 Å². The number of carbonyl (C=O) groups is 2. The van der Waals surface area contributed by atoms with Crippen molar-refractivity contribution in [1.29, 1.82) is 0 Å². The molecule has 0 aliphatic rings. The molecule has 0 unspecified atom stereocenters. The van der Waals surface area contributed by atoms with Crippen LogP contribution in [0.4, 0.5) is 0 Å². The number of aryl methyl sites for hydroxylation is 3. The summed E-state index contributed by atoms with van der Waals surface area (Å²) in [4.78, 5) is 50.2. The number of rotatable bonds is 27. The Balaban J connectivity index is 0.946. The maximum atomic E-state index is 12.8. The van der Waals surface area contributed by atoms with Gasteiger partial charge in [-0.05, 0) is 81.2 Å². The van der Waals surface area contributed by atoms with Crippen LogP contribution in [0.1, 0.15) is 90.7 Å². The zero-order valence-corrected chi connectivity index (χ0v) is 38.8. The first-order valence-corrected chi connectivity index (χ1v) is 22.4. The molecule has 0 atom stereocenters. The van der Waals surface area contributed by atoms with Gasteiger partial charge in [-0.2, -0.15) is 4.52 Å². The number of methoxy groups -OCH3 is 5. The van der Waals surface area contributed by atoms with Gasteiger partial charge in [-0.3, -0.25) is 28.4 Å². The molecule has 5 rings (SSSR count).